The number of likely N-dealkylation sites (N-methyl/N-ethyl adjacent to an activating group) is 1. The molecule has 1 heterocycles. The van der Waals surface area contributed by atoms with Crippen molar-refractivity contribution in [3.05, 3.63) is 65.2 Å². The molecule has 0 saturated carbocycles. The molecule has 1 aliphatic heterocycles. The molecular formula is C22H29N2O+. The van der Waals surface area contributed by atoms with E-state index >= 15 is 0 Å². The van der Waals surface area contributed by atoms with Gasteiger partial charge in [-0.15, -0.1) is 0 Å². The van der Waals surface area contributed by atoms with Gasteiger partial charge in [0.15, 0.2) is 6.54 Å². The van der Waals surface area contributed by atoms with Crippen molar-refractivity contribution in [1.82, 2.24) is 0 Å². The summed E-state index contributed by atoms with van der Waals surface area (Å²) in [5.41, 5.74) is 4.66. The van der Waals surface area contributed by atoms with Crippen molar-refractivity contribution in [2.45, 2.75) is 32.6 Å². The van der Waals surface area contributed by atoms with Crippen LogP contribution in [0, 0.1) is 13.8 Å². The summed E-state index contributed by atoms with van der Waals surface area (Å²) in [6.45, 7) is 6.75. The second-order valence-electron chi connectivity index (χ2n) is 7.72. The minimum Gasteiger partial charge on any atom is -0.321 e. The van der Waals surface area contributed by atoms with E-state index in [1.165, 1.54) is 5.56 Å². The van der Waals surface area contributed by atoms with Gasteiger partial charge in [-0.2, -0.15) is 0 Å². The molecule has 3 nitrogen and oxygen atoms in total. The molecule has 25 heavy (non-hydrogen) atoms. The van der Waals surface area contributed by atoms with E-state index in [0.29, 0.717) is 12.5 Å². The summed E-state index contributed by atoms with van der Waals surface area (Å²) in [7, 11) is 2.21. The highest BCUT2D eigenvalue weighted by atomic mass is 16.2. The molecule has 2 aromatic carbocycles. The van der Waals surface area contributed by atoms with Gasteiger partial charge in [-0.1, -0.05) is 48.5 Å². The van der Waals surface area contributed by atoms with Crippen LogP contribution >= 0.6 is 0 Å². The van der Waals surface area contributed by atoms with Gasteiger partial charge < -0.3 is 9.80 Å². The number of quaternary nitrogens is 1. The van der Waals surface area contributed by atoms with Gasteiger partial charge in [0.2, 0.25) is 0 Å². The van der Waals surface area contributed by atoms with Crippen LogP contribution in [0.3, 0.4) is 0 Å². The van der Waals surface area contributed by atoms with Crippen LogP contribution in [0.25, 0.3) is 0 Å². The number of nitrogens with one attached hydrogen (secondary N) is 1. The second-order valence-corrected chi connectivity index (χ2v) is 7.72. The van der Waals surface area contributed by atoms with Crippen LogP contribution < -0.4 is 5.32 Å². The van der Waals surface area contributed by atoms with Crippen molar-refractivity contribution in [3.8, 4) is 0 Å². The number of piperidine rings is 1. The minimum atomic E-state index is 0.123. The van der Waals surface area contributed by atoms with E-state index in [4.69, 9.17) is 0 Å². The molecule has 1 saturated heterocycles. The summed E-state index contributed by atoms with van der Waals surface area (Å²) in [5, 5.41) is 3.14. The van der Waals surface area contributed by atoms with Crippen molar-refractivity contribution in [2.24, 2.45) is 0 Å². The Bertz CT molecular complexity index is 711. The molecular weight excluding hydrogens is 308 g/mol. The van der Waals surface area contributed by atoms with E-state index in [1.807, 2.05) is 32.0 Å². The predicted octanol–water partition coefficient (Wildman–Crippen LogP) is 4.27. The number of aryl methyl sites for hydroxylation is 2. The molecule has 0 aliphatic carbocycles. The number of hydrogen-bond acceptors (Lipinski definition) is 1. The number of carbonyl (C=O) groups excluding carboxylic acids is 1. The first kappa shape index (κ1) is 17.7. The van der Waals surface area contributed by atoms with Crippen LogP contribution in [0.15, 0.2) is 48.5 Å². The molecule has 0 spiro atoms. The summed E-state index contributed by atoms with van der Waals surface area (Å²) >= 11 is 0. The smallest absolute Gasteiger partial charge is 0.279 e. The van der Waals surface area contributed by atoms with Crippen molar-refractivity contribution in [2.75, 3.05) is 32.0 Å². The quantitative estimate of drug-likeness (QED) is 0.830. The Kier molecular flexibility index (Phi) is 5.24. The van der Waals surface area contributed by atoms with E-state index in [-0.39, 0.29) is 5.91 Å². The normalized spacial score (nSPS) is 23.2. The zero-order chi connectivity index (χ0) is 17.9. The fourth-order valence-corrected chi connectivity index (χ4v) is 3.95. The summed E-state index contributed by atoms with van der Waals surface area (Å²) in [6.07, 6.45) is 2.30. The van der Waals surface area contributed by atoms with Gasteiger partial charge in [0.25, 0.3) is 5.91 Å². The van der Waals surface area contributed by atoms with Gasteiger partial charge >= 0.3 is 0 Å². The van der Waals surface area contributed by atoms with E-state index in [1.54, 1.807) is 0 Å². The van der Waals surface area contributed by atoms with E-state index in [2.05, 4.69) is 42.7 Å². The van der Waals surface area contributed by atoms with Gasteiger partial charge in [-0.3, -0.25) is 4.79 Å². The highest BCUT2D eigenvalue weighted by Gasteiger charge is 2.32. The molecule has 3 heteroatoms. The van der Waals surface area contributed by atoms with Crippen molar-refractivity contribution in [3.63, 3.8) is 0 Å². The number of amides is 1. The molecule has 1 fully saturated rings. The zero-order valence-electron chi connectivity index (χ0n) is 15.6. The Morgan fingerprint density at radius 1 is 1.00 bits per heavy atom. The Hall–Kier alpha value is -2.13. The number of benzene rings is 2. The number of likely N-dealkylation sites (tertiary alicyclic amines) is 1. The molecule has 1 aliphatic rings. The molecule has 0 radical (unpaired) electrons. The molecule has 0 aromatic heterocycles. The second kappa shape index (κ2) is 7.40. The van der Waals surface area contributed by atoms with Gasteiger partial charge in [0.05, 0.1) is 20.1 Å². The van der Waals surface area contributed by atoms with E-state index < -0.39 is 0 Å². The summed E-state index contributed by atoms with van der Waals surface area (Å²) in [5.74, 6) is 0.757. The maximum atomic E-state index is 12.6. The first-order valence-corrected chi connectivity index (χ1v) is 9.21. The Morgan fingerprint density at radius 2 is 1.60 bits per heavy atom. The lowest BCUT2D eigenvalue weighted by atomic mass is 9.88. The summed E-state index contributed by atoms with van der Waals surface area (Å²) in [4.78, 5) is 12.6. The van der Waals surface area contributed by atoms with E-state index in [9.17, 15) is 4.79 Å². The average Bonchev–Trinajstić information content (AvgIpc) is 2.59. The lowest BCUT2D eigenvalue weighted by Gasteiger charge is -2.40. The van der Waals surface area contributed by atoms with Gasteiger partial charge in [-0.05, 0) is 36.5 Å². The topological polar surface area (TPSA) is 29.1 Å². The number of rotatable bonds is 4. The molecule has 0 atom stereocenters. The predicted molar refractivity (Wildman–Crippen MR) is 104 cm³/mol. The van der Waals surface area contributed by atoms with Crippen LogP contribution in [0.1, 0.15) is 35.4 Å². The van der Waals surface area contributed by atoms with Crippen LogP contribution in [-0.4, -0.2) is 37.1 Å². The van der Waals surface area contributed by atoms with Crippen LogP contribution in [-0.2, 0) is 4.79 Å². The molecule has 2 aromatic rings. The average molecular weight is 337 g/mol. The van der Waals surface area contributed by atoms with Gasteiger partial charge in [-0.25, -0.2) is 0 Å². The highest BCUT2D eigenvalue weighted by molar-refractivity contribution is 5.93. The third kappa shape index (κ3) is 4.29. The summed E-state index contributed by atoms with van der Waals surface area (Å²) < 4.78 is 0.833. The number of nitrogens with zero attached hydrogens (tertiary/aromatic N) is 1. The maximum absolute atomic E-state index is 12.6. The molecule has 0 bridgehead atoms. The Balaban J connectivity index is 1.59. The third-order valence-corrected chi connectivity index (χ3v) is 5.58. The van der Waals surface area contributed by atoms with Crippen LogP contribution in [0.2, 0.25) is 0 Å². The molecule has 1 N–H and O–H groups in total. The fourth-order valence-electron chi connectivity index (χ4n) is 3.95. The monoisotopic (exact) mass is 337 g/mol. The zero-order valence-corrected chi connectivity index (χ0v) is 15.6. The van der Waals surface area contributed by atoms with Crippen LogP contribution in [0.4, 0.5) is 5.69 Å². The number of carbonyl (C=O) groups is 1. The first-order chi connectivity index (χ1) is 12.0. The molecule has 0 unspecified atom stereocenters. The first-order valence-electron chi connectivity index (χ1n) is 9.21. The molecule has 132 valence electrons. The maximum Gasteiger partial charge on any atom is 0.279 e. The van der Waals surface area contributed by atoms with Gasteiger partial charge in [0.1, 0.15) is 0 Å². The lowest BCUT2D eigenvalue weighted by Crippen LogP contribution is -2.53. The van der Waals surface area contributed by atoms with Crippen LogP contribution in [0.5, 0.6) is 0 Å². The fraction of sp³-hybridized carbons (Fsp3) is 0.409. The van der Waals surface area contributed by atoms with Crippen molar-refractivity contribution in [1.29, 1.82) is 0 Å². The number of para-hydroxylation sites is 1. The third-order valence-electron chi connectivity index (χ3n) is 5.58. The largest absolute Gasteiger partial charge is 0.321 e. The lowest BCUT2D eigenvalue weighted by molar-refractivity contribution is -0.906. The van der Waals surface area contributed by atoms with Crippen molar-refractivity contribution >= 4 is 11.6 Å². The van der Waals surface area contributed by atoms with Crippen molar-refractivity contribution < 1.29 is 9.28 Å². The number of hydrogen-bond donors (Lipinski definition) is 1. The minimum absolute atomic E-state index is 0.123. The van der Waals surface area contributed by atoms with E-state index in [0.717, 1.165) is 47.2 Å². The SMILES string of the molecule is Cc1cccc(C)c1NC(=O)C[N+]1(C)CCC(c2ccccc2)CC1. The summed E-state index contributed by atoms with van der Waals surface area (Å²) in [6, 6.07) is 16.9. The standard InChI is InChI=1S/C22H28N2O/c1-17-8-7-9-18(2)22(17)23-21(25)16-24(3)14-12-20(13-15-24)19-10-5-4-6-11-19/h4-11,20H,12-16H2,1-3H3/p+1. The molecule has 3 rings (SSSR count). The Morgan fingerprint density at radius 3 is 2.20 bits per heavy atom. The van der Waals surface area contributed by atoms with Gasteiger partial charge in [0, 0.05) is 18.5 Å². The Labute approximate surface area is 151 Å². The molecule has 1 amide bonds. The number of anilines is 1. The highest BCUT2D eigenvalue weighted by Crippen LogP contribution is 2.30.